The smallest absolute Gasteiger partial charge is 0.190 e. The van der Waals surface area contributed by atoms with E-state index in [9.17, 15) is 0 Å². The summed E-state index contributed by atoms with van der Waals surface area (Å²) in [6.07, 6.45) is 1.96. The predicted molar refractivity (Wildman–Crippen MR) is 132 cm³/mol. The maximum atomic E-state index is 5.50. The van der Waals surface area contributed by atoms with Crippen LogP contribution in [-0.4, -0.2) is 33.5 Å². The average molecular weight is 448 g/mol. The minimum Gasteiger partial charge on any atom is -0.484 e. The molecule has 1 aromatic carbocycles. The van der Waals surface area contributed by atoms with Crippen molar-refractivity contribution in [3.05, 3.63) is 75.8 Å². The molecule has 3 aromatic rings. The highest BCUT2D eigenvalue weighted by Crippen LogP contribution is 2.39. The topological polar surface area (TPSA) is 64.7 Å². The molecule has 32 heavy (non-hydrogen) atoms. The van der Waals surface area contributed by atoms with Crippen LogP contribution < -0.4 is 0 Å². The molecule has 0 bridgehead atoms. The third-order valence-electron chi connectivity index (χ3n) is 5.93. The molecule has 0 N–H and O–H groups in total. The van der Waals surface area contributed by atoms with Crippen molar-refractivity contribution in [2.45, 2.75) is 53.0 Å². The van der Waals surface area contributed by atoms with Crippen molar-refractivity contribution in [1.29, 1.82) is 0 Å². The largest absolute Gasteiger partial charge is 0.484 e. The first-order chi connectivity index (χ1) is 15.3. The van der Waals surface area contributed by atoms with Crippen LogP contribution in [0.25, 0.3) is 5.00 Å². The van der Waals surface area contributed by atoms with Crippen LogP contribution in [0.2, 0.25) is 0 Å². The van der Waals surface area contributed by atoms with E-state index in [4.69, 9.17) is 9.73 Å². The Hall–Kier alpha value is -3.06. The quantitative estimate of drug-likeness (QED) is 0.364. The van der Waals surface area contributed by atoms with Crippen LogP contribution in [0.15, 0.2) is 47.0 Å². The van der Waals surface area contributed by atoms with Gasteiger partial charge in [-0.3, -0.25) is 9.56 Å². The Morgan fingerprint density at radius 1 is 1.22 bits per heavy atom. The molecule has 0 spiro atoms. The molecule has 0 aliphatic carbocycles. The number of aromatic nitrogens is 3. The number of hydrogen-bond acceptors (Lipinski definition) is 6. The summed E-state index contributed by atoms with van der Waals surface area (Å²) >= 11 is 1.76. The maximum Gasteiger partial charge on any atom is 0.190 e. The van der Waals surface area contributed by atoms with Gasteiger partial charge in [0.25, 0.3) is 0 Å². The molecular formula is C25H29N5OS. The summed E-state index contributed by atoms with van der Waals surface area (Å²) in [4.78, 5) is 10.8. The standard InChI is InChI=1S/C25H29N5OS/c1-8-26-21(31-7)13-20-24-29-28-17(6)30(24)25-22(15(4)16(5)32-25)23(27-20)19-11-9-18(10-12-19)14(2)3/h8-12,14,20H,1,13H2,2-7H3. The van der Waals surface area contributed by atoms with Gasteiger partial charge in [0.2, 0.25) is 0 Å². The van der Waals surface area contributed by atoms with Crippen molar-refractivity contribution in [2.75, 3.05) is 7.11 Å². The number of hydrogen-bond donors (Lipinski definition) is 0. The Morgan fingerprint density at radius 3 is 2.56 bits per heavy atom. The van der Waals surface area contributed by atoms with E-state index in [2.05, 4.69) is 78.3 Å². The lowest BCUT2D eigenvalue weighted by Crippen LogP contribution is -2.12. The molecule has 0 saturated heterocycles. The minimum atomic E-state index is -0.283. The molecule has 0 amide bonds. The Kier molecular flexibility index (Phi) is 6.11. The summed E-state index contributed by atoms with van der Waals surface area (Å²) in [6.45, 7) is 14.4. The van der Waals surface area contributed by atoms with Gasteiger partial charge in [-0.05, 0) is 37.8 Å². The number of fused-ring (bicyclic) bond motifs is 3. The summed E-state index contributed by atoms with van der Waals surface area (Å²) < 4.78 is 7.64. The number of thiophene rings is 1. The molecule has 0 radical (unpaired) electrons. The fourth-order valence-corrected chi connectivity index (χ4v) is 5.22. The molecule has 0 fully saturated rings. The zero-order valence-electron chi connectivity index (χ0n) is 19.5. The van der Waals surface area contributed by atoms with Crippen molar-refractivity contribution in [1.82, 2.24) is 14.8 Å². The first-order valence-corrected chi connectivity index (χ1v) is 11.6. The third-order valence-corrected chi connectivity index (χ3v) is 7.12. The second kappa shape index (κ2) is 8.82. The van der Waals surface area contributed by atoms with Gasteiger partial charge >= 0.3 is 0 Å². The van der Waals surface area contributed by atoms with Crippen LogP contribution in [0.4, 0.5) is 0 Å². The number of aryl methyl sites for hydroxylation is 2. The van der Waals surface area contributed by atoms with E-state index >= 15 is 0 Å². The fraction of sp³-hybridized carbons (Fsp3) is 0.360. The summed E-state index contributed by atoms with van der Waals surface area (Å²) in [6, 6.07) is 8.46. The SMILES string of the molecule is C=CN=C(CC1N=C(c2ccc(C(C)C)cc2)c2c(sc(C)c2C)-n2c(C)nnc21)OC. The van der Waals surface area contributed by atoms with Crippen LogP contribution >= 0.6 is 11.3 Å². The van der Waals surface area contributed by atoms with Gasteiger partial charge < -0.3 is 4.74 Å². The normalized spacial score (nSPS) is 15.8. The van der Waals surface area contributed by atoms with Crippen LogP contribution in [0, 0.1) is 20.8 Å². The van der Waals surface area contributed by atoms with E-state index in [-0.39, 0.29) is 6.04 Å². The molecule has 3 heterocycles. The number of nitrogens with zero attached hydrogens (tertiary/aromatic N) is 5. The highest BCUT2D eigenvalue weighted by atomic mass is 32.1. The molecule has 6 nitrogen and oxygen atoms in total. The second-order valence-electron chi connectivity index (χ2n) is 8.29. The maximum absolute atomic E-state index is 5.50. The summed E-state index contributed by atoms with van der Waals surface area (Å²) in [5, 5.41) is 10.0. The zero-order valence-corrected chi connectivity index (χ0v) is 20.3. The molecule has 4 rings (SSSR count). The van der Waals surface area contributed by atoms with Crippen molar-refractivity contribution in [3.63, 3.8) is 0 Å². The van der Waals surface area contributed by atoms with Crippen molar-refractivity contribution in [2.24, 2.45) is 9.98 Å². The van der Waals surface area contributed by atoms with E-state index < -0.39 is 0 Å². The predicted octanol–water partition coefficient (Wildman–Crippen LogP) is 5.85. The van der Waals surface area contributed by atoms with Gasteiger partial charge in [-0.15, -0.1) is 21.5 Å². The van der Waals surface area contributed by atoms with E-state index in [1.54, 1.807) is 18.4 Å². The lowest BCUT2D eigenvalue weighted by atomic mass is 9.96. The third kappa shape index (κ3) is 3.81. The average Bonchev–Trinajstić information content (AvgIpc) is 3.25. The van der Waals surface area contributed by atoms with Gasteiger partial charge in [-0.25, -0.2) is 4.99 Å². The van der Waals surface area contributed by atoms with Crippen LogP contribution in [0.3, 0.4) is 0 Å². The lowest BCUT2D eigenvalue weighted by molar-refractivity contribution is 0.383. The monoisotopic (exact) mass is 447 g/mol. The summed E-state index contributed by atoms with van der Waals surface area (Å²) in [5.41, 5.74) is 5.77. The van der Waals surface area contributed by atoms with Crippen molar-refractivity contribution >= 4 is 22.9 Å². The molecule has 1 aliphatic rings. The molecule has 1 atom stereocenters. The van der Waals surface area contributed by atoms with Crippen molar-refractivity contribution < 1.29 is 4.74 Å². The molecule has 1 aliphatic heterocycles. The van der Waals surface area contributed by atoms with E-state index in [0.717, 1.165) is 33.5 Å². The molecule has 166 valence electrons. The number of methoxy groups -OCH3 is 1. The Balaban J connectivity index is 1.96. The van der Waals surface area contributed by atoms with E-state index in [1.165, 1.54) is 22.2 Å². The summed E-state index contributed by atoms with van der Waals surface area (Å²) in [5.74, 6) is 2.69. The fourth-order valence-electron chi connectivity index (χ4n) is 4.01. The van der Waals surface area contributed by atoms with Gasteiger partial charge in [0, 0.05) is 22.2 Å². The molecule has 0 saturated carbocycles. The van der Waals surface area contributed by atoms with E-state index in [0.29, 0.717) is 18.2 Å². The van der Waals surface area contributed by atoms with Gasteiger partial charge in [-0.2, -0.15) is 0 Å². The first kappa shape index (κ1) is 22.1. The Labute approximate surface area is 193 Å². The lowest BCUT2D eigenvalue weighted by Gasteiger charge is -2.14. The Bertz CT molecular complexity index is 1210. The van der Waals surface area contributed by atoms with Gasteiger partial charge in [0.05, 0.1) is 19.2 Å². The van der Waals surface area contributed by atoms with Crippen LogP contribution in [-0.2, 0) is 4.74 Å². The molecular weight excluding hydrogens is 418 g/mol. The minimum absolute atomic E-state index is 0.283. The number of benzene rings is 1. The molecule has 7 heteroatoms. The van der Waals surface area contributed by atoms with Crippen LogP contribution in [0.1, 0.15) is 71.0 Å². The van der Waals surface area contributed by atoms with Gasteiger partial charge in [0.1, 0.15) is 16.9 Å². The summed E-state index contributed by atoms with van der Waals surface area (Å²) in [7, 11) is 1.62. The Morgan fingerprint density at radius 2 is 1.94 bits per heavy atom. The zero-order chi connectivity index (χ0) is 23.0. The highest BCUT2D eigenvalue weighted by molar-refractivity contribution is 7.15. The van der Waals surface area contributed by atoms with Crippen LogP contribution in [0.5, 0.6) is 0 Å². The highest BCUT2D eigenvalue weighted by Gasteiger charge is 2.32. The molecule has 1 unspecified atom stereocenters. The second-order valence-corrected chi connectivity index (χ2v) is 9.49. The van der Waals surface area contributed by atoms with Gasteiger partial charge in [0.15, 0.2) is 11.7 Å². The van der Waals surface area contributed by atoms with Gasteiger partial charge in [-0.1, -0.05) is 44.7 Å². The van der Waals surface area contributed by atoms with Crippen molar-refractivity contribution in [3.8, 4) is 5.00 Å². The number of aliphatic imine (C=N–C) groups is 2. The number of ether oxygens (including phenoxy) is 1. The first-order valence-electron chi connectivity index (χ1n) is 10.8. The van der Waals surface area contributed by atoms with E-state index in [1.807, 2.05) is 6.92 Å². The number of rotatable bonds is 5. The molecule has 2 aromatic heterocycles.